The second kappa shape index (κ2) is 12.5. The minimum Gasteiger partial charge on any atom is -0.547 e. The Hall–Kier alpha value is -6.02. The lowest BCUT2D eigenvalue weighted by Gasteiger charge is -2.15. The predicted octanol–water partition coefficient (Wildman–Crippen LogP) is 5.48. The molecule has 10 rings (SSSR count). The minimum absolute atomic E-state index is 0.0351. The van der Waals surface area contributed by atoms with Crippen molar-refractivity contribution in [1.82, 2.24) is 0 Å². The predicted molar refractivity (Wildman–Crippen MR) is 176 cm³/mol. The zero-order valence-corrected chi connectivity index (χ0v) is 27.8. The molecule has 0 spiro atoms. The second-order valence-corrected chi connectivity index (χ2v) is 13.7. The third kappa shape index (κ3) is 5.43. The molecule has 4 aliphatic rings. The average Bonchev–Trinajstić information content (AvgIpc) is 3.26. The van der Waals surface area contributed by atoms with E-state index in [9.17, 15) is 28.8 Å². The molecule has 0 N–H and O–H groups in total. The van der Waals surface area contributed by atoms with Crippen LogP contribution in [0.1, 0.15) is 62.1 Å². The van der Waals surface area contributed by atoms with Crippen molar-refractivity contribution >= 4 is 98.4 Å². The van der Waals surface area contributed by atoms with Crippen LogP contribution in [0.5, 0.6) is 0 Å². The van der Waals surface area contributed by atoms with Crippen LogP contribution < -0.4 is 0 Å². The van der Waals surface area contributed by atoms with Crippen molar-refractivity contribution in [2.24, 2.45) is 0 Å². The molecule has 6 aromatic carbocycles. The third-order valence-electron chi connectivity index (χ3n) is 8.31. The van der Waals surface area contributed by atoms with Crippen LogP contribution >= 0.6 is 0 Å². The van der Waals surface area contributed by atoms with E-state index < -0.39 is 66.1 Å². The van der Waals surface area contributed by atoms with Gasteiger partial charge in [0.05, 0.1) is 33.4 Å². The summed E-state index contributed by atoms with van der Waals surface area (Å²) < 4.78 is 32.7. The lowest BCUT2D eigenvalue weighted by molar-refractivity contribution is 0.0382. The number of fused-ring (bicyclic) bond motifs is 11. The Kier molecular flexibility index (Phi) is 7.79. The van der Waals surface area contributed by atoms with Crippen LogP contribution in [0, 0.1) is 0 Å². The van der Waals surface area contributed by atoms with Crippen LogP contribution in [0.2, 0.25) is 0 Å². The number of carbonyl (C=O) groups excluding carboxylic acids is 6. The molecule has 0 radical (unpaired) electrons. The molecule has 0 aromatic heterocycles. The molecule has 0 aliphatic carbocycles. The molecule has 0 amide bonds. The van der Waals surface area contributed by atoms with Crippen molar-refractivity contribution in [3.8, 4) is 0 Å². The van der Waals surface area contributed by atoms with Gasteiger partial charge in [-0.25, -0.2) is 28.8 Å². The Morgan fingerprint density at radius 1 is 0.380 bits per heavy atom. The van der Waals surface area contributed by atoms with Gasteiger partial charge in [0.1, 0.15) is 0 Å². The quantitative estimate of drug-likeness (QED) is 0.214. The molecule has 12 nitrogen and oxygen atoms in total. The molecule has 6 aromatic rings. The van der Waals surface area contributed by atoms with E-state index in [-0.39, 0.29) is 44.2 Å². The van der Waals surface area contributed by atoms with E-state index in [0.717, 1.165) is 0 Å². The van der Waals surface area contributed by atoms with Gasteiger partial charge in [-0.15, -0.1) is 0 Å². The fourth-order valence-electron chi connectivity index (χ4n) is 6.01. The number of hydrogen-bond acceptors (Lipinski definition) is 12. The van der Waals surface area contributed by atoms with E-state index >= 15 is 0 Å². The molecule has 4 aliphatic heterocycles. The van der Waals surface area contributed by atoms with Gasteiger partial charge in [-0.05, 0) is 68.7 Å². The van der Waals surface area contributed by atoms with Crippen LogP contribution in [0.4, 0.5) is 0 Å². The van der Waals surface area contributed by atoms with Crippen LogP contribution in [0.15, 0.2) is 109 Å². The maximum absolute atomic E-state index is 13.5. The van der Waals surface area contributed by atoms with Crippen LogP contribution in [-0.2, 0) is 22.7 Å². The van der Waals surface area contributed by atoms with E-state index in [1.807, 2.05) is 0 Å². The SMILES string of the molecule is O=C([O][Al]1[O]C(=O)c2ccc(c3ccccc23)C(=O)[O]1)c1ccc(C(=O)[O][Al]2[O]C(=O)c3ccc(c4ccccc34)C(=O)[O]2)c2ccccc12. The molecule has 0 fully saturated rings. The summed E-state index contributed by atoms with van der Waals surface area (Å²) in [6, 6.07) is 28.2. The summed E-state index contributed by atoms with van der Waals surface area (Å²) >= 11 is -7.50. The van der Waals surface area contributed by atoms with Crippen LogP contribution in [0.25, 0.3) is 32.3 Å². The molecule has 4 bridgehead atoms. The summed E-state index contributed by atoms with van der Waals surface area (Å²) in [7, 11) is 0. The number of carbonyl (C=O) groups is 6. The van der Waals surface area contributed by atoms with E-state index in [0.29, 0.717) is 21.5 Å². The standard InChI is InChI=1S/3C12H8O4.2Al/c3*13-11(14)9-5-6-10(12(15)16)8-4-2-1-3-7(8)9;;/h3*1-6H,(H,13,14)(H,15,16);;/q;;;2*+3/p-6. The Labute approximate surface area is 291 Å². The lowest BCUT2D eigenvalue weighted by Crippen LogP contribution is -2.34. The van der Waals surface area contributed by atoms with Crippen molar-refractivity contribution < 1.29 is 51.5 Å². The highest BCUT2D eigenvalue weighted by Crippen LogP contribution is 2.30. The summed E-state index contributed by atoms with van der Waals surface area (Å²) in [6.45, 7) is 0. The average molecular weight is 696 g/mol. The number of rotatable bonds is 4. The maximum atomic E-state index is 13.5. The summed E-state index contributed by atoms with van der Waals surface area (Å²) in [5.74, 6) is -5.25. The van der Waals surface area contributed by atoms with Gasteiger partial charge in [0.15, 0.2) is 0 Å². The first-order valence-corrected chi connectivity index (χ1v) is 17.9. The second-order valence-electron chi connectivity index (χ2n) is 11.1. The van der Waals surface area contributed by atoms with Gasteiger partial charge < -0.3 is 22.7 Å². The topological polar surface area (TPSA) is 158 Å². The zero-order valence-electron chi connectivity index (χ0n) is 25.4. The first-order chi connectivity index (χ1) is 24.3. The fraction of sp³-hybridized carbons (Fsp3) is 0. The van der Waals surface area contributed by atoms with Gasteiger partial charge in [0.25, 0.3) is 0 Å². The van der Waals surface area contributed by atoms with E-state index in [1.165, 1.54) is 36.4 Å². The molecule has 0 saturated carbocycles. The molecule has 14 heteroatoms. The lowest BCUT2D eigenvalue weighted by atomic mass is 10.00. The molecular weight excluding hydrogens is 678 g/mol. The van der Waals surface area contributed by atoms with Gasteiger partial charge in [-0.2, -0.15) is 0 Å². The molecule has 0 atom stereocenters. The van der Waals surface area contributed by atoms with Crippen molar-refractivity contribution in [3.63, 3.8) is 0 Å². The third-order valence-corrected chi connectivity index (χ3v) is 10.8. The normalized spacial score (nSPS) is 14.1. The number of hydrogen-bond donors (Lipinski definition) is 0. The highest BCUT2D eigenvalue weighted by molar-refractivity contribution is 6.48. The molecule has 240 valence electrons. The summed E-state index contributed by atoms with van der Waals surface area (Å²) in [4.78, 5) is 79.4. The Balaban J connectivity index is 1.05. The first kappa shape index (κ1) is 31.3. The van der Waals surface area contributed by atoms with E-state index in [2.05, 4.69) is 0 Å². The monoisotopic (exact) mass is 696 g/mol. The minimum atomic E-state index is -3.75. The van der Waals surface area contributed by atoms with Crippen molar-refractivity contribution in [3.05, 3.63) is 143 Å². The van der Waals surface area contributed by atoms with Crippen LogP contribution in [0.3, 0.4) is 0 Å². The van der Waals surface area contributed by atoms with Gasteiger partial charge >= 0.3 is 66.1 Å². The van der Waals surface area contributed by atoms with Crippen LogP contribution in [-0.4, -0.2) is 66.1 Å². The summed E-state index contributed by atoms with van der Waals surface area (Å²) in [6.07, 6.45) is 0. The largest absolute Gasteiger partial charge is 1.20 e. The summed E-state index contributed by atoms with van der Waals surface area (Å²) in [5, 5.41) is 2.42. The zero-order chi connectivity index (χ0) is 34.5. The van der Waals surface area contributed by atoms with E-state index in [4.69, 9.17) is 22.7 Å². The van der Waals surface area contributed by atoms with Gasteiger partial charge in [0.2, 0.25) is 0 Å². The number of benzene rings is 6. The van der Waals surface area contributed by atoms with Gasteiger partial charge in [-0.3, -0.25) is 0 Å². The molecule has 4 heterocycles. The molecule has 0 unspecified atom stereocenters. The Bertz CT molecular complexity index is 2210. The van der Waals surface area contributed by atoms with Crippen molar-refractivity contribution in [2.75, 3.05) is 0 Å². The van der Waals surface area contributed by atoms with Crippen molar-refractivity contribution in [1.29, 1.82) is 0 Å². The maximum Gasteiger partial charge on any atom is 1.20 e. The Morgan fingerprint density at radius 2 is 0.640 bits per heavy atom. The highest BCUT2D eigenvalue weighted by Gasteiger charge is 2.52. The van der Waals surface area contributed by atoms with E-state index in [1.54, 1.807) is 72.8 Å². The molecule has 0 saturated heterocycles. The smallest absolute Gasteiger partial charge is 0.547 e. The molecular formula is C36H18Al2O12. The molecule has 50 heavy (non-hydrogen) atoms. The summed E-state index contributed by atoms with van der Waals surface area (Å²) in [5.41, 5.74) is 0.633. The van der Waals surface area contributed by atoms with Gasteiger partial charge in [0, 0.05) is 0 Å². The van der Waals surface area contributed by atoms with Crippen molar-refractivity contribution in [2.45, 2.75) is 0 Å². The first-order valence-electron chi connectivity index (χ1n) is 15.1. The highest BCUT2D eigenvalue weighted by atomic mass is 27.3. The van der Waals surface area contributed by atoms with Gasteiger partial charge in [-0.1, -0.05) is 72.8 Å². The fourth-order valence-corrected chi connectivity index (χ4v) is 8.11. The Morgan fingerprint density at radius 3 is 0.920 bits per heavy atom.